The number of aromatic hydroxyl groups is 1. The molecule has 90 valence electrons. The van der Waals surface area contributed by atoms with E-state index in [-0.39, 0.29) is 24.6 Å². The van der Waals surface area contributed by atoms with Gasteiger partial charge in [-0.2, -0.15) is 13.5 Å². The SMILES string of the molecule is Oc1ccc(C(Cl)Cc2ccccc2)cc1.S. The molecule has 0 heterocycles. The van der Waals surface area contributed by atoms with E-state index < -0.39 is 0 Å². The standard InChI is InChI=1S/C14H13ClO.H2S/c15-14(10-11-4-2-1-3-5-11)12-6-8-13(16)9-7-12;/h1-9,14,16H,10H2;1H2. The Kier molecular flexibility index (Phi) is 5.39. The minimum absolute atomic E-state index is 0. The summed E-state index contributed by atoms with van der Waals surface area (Å²) in [6.45, 7) is 0. The number of hydrogen-bond acceptors (Lipinski definition) is 1. The summed E-state index contributed by atoms with van der Waals surface area (Å²) in [5, 5.41) is 9.13. The second-order valence-corrected chi connectivity index (χ2v) is 4.28. The van der Waals surface area contributed by atoms with Gasteiger partial charge < -0.3 is 5.11 Å². The van der Waals surface area contributed by atoms with Gasteiger partial charge in [0.25, 0.3) is 0 Å². The zero-order valence-electron chi connectivity index (χ0n) is 9.31. The molecule has 1 atom stereocenters. The third-order valence-corrected chi connectivity index (χ3v) is 2.92. The maximum atomic E-state index is 9.19. The van der Waals surface area contributed by atoms with Crippen LogP contribution in [0.5, 0.6) is 5.75 Å². The highest BCUT2D eigenvalue weighted by Crippen LogP contribution is 2.26. The van der Waals surface area contributed by atoms with Crippen LogP contribution in [0.15, 0.2) is 54.6 Å². The second-order valence-electron chi connectivity index (χ2n) is 3.75. The Morgan fingerprint density at radius 3 is 2.12 bits per heavy atom. The maximum Gasteiger partial charge on any atom is 0.115 e. The van der Waals surface area contributed by atoms with Gasteiger partial charge in [0.1, 0.15) is 5.75 Å². The maximum absolute atomic E-state index is 9.19. The number of benzene rings is 2. The largest absolute Gasteiger partial charge is 0.508 e. The zero-order valence-corrected chi connectivity index (χ0v) is 11.1. The smallest absolute Gasteiger partial charge is 0.115 e. The molecule has 1 N–H and O–H groups in total. The van der Waals surface area contributed by atoms with Crippen LogP contribution in [0.1, 0.15) is 16.5 Å². The van der Waals surface area contributed by atoms with E-state index in [1.807, 2.05) is 30.3 Å². The van der Waals surface area contributed by atoms with Gasteiger partial charge in [-0.05, 0) is 29.7 Å². The molecule has 0 aliphatic carbocycles. The first-order valence-corrected chi connectivity index (χ1v) is 5.66. The van der Waals surface area contributed by atoms with Gasteiger partial charge in [-0.1, -0.05) is 42.5 Å². The monoisotopic (exact) mass is 266 g/mol. The number of phenolic OH excluding ortho intramolecular Hbond substituents is 1. The van der Waals surface area contributed by atoms with Crippen LogP contribution in [-0.4, -0.2) is 5.11 Å². The summed E-state index contributed by atoms with van der Waals surface area (Å²) >= 11 is 6.31. The fourth-order valence-electron chi connectivity index (χ4n) is 1.62. The van der Waals surface area contributed by atoms with Crippen molar-refractivity contribution in [3.63, 3.8) is 0 Å². The predicted molar refractivity (Wildman–Crippen MR) is 77.2 cm³/mol. The Morgan fingerprint density at radius 2 is 1.53 bits per heavy atom. The summed E-state index contributed by atoms with van der Waals surface area (Å²) in [4.78, 5) is 0. The molecule has 17 heavy (non-hydrogen) atoms. The van der Waals surface area contributed by atoms with E-state index in [1.165, 1.54) is 5.56 Å². The molecular formula is C14H15ClOS. The molecule has 2 aromatic rings. The van der Waals surface area contributed by atoms with Gasteiger partial charge in [0, 0.05) is 0 Å². The van der Waals surface area contributed by atoms with E-state index in [2.05, 4.69) is 12.1 Å². The average molecular weight is 267 g/mol. The highest BCUT2D eigenvalue weighted by Gasteiger charge is 2.08. The summed E-state index contributed by atoms with van der Waals surface area (Å²) in [6.07, 6.45) is 0.799. The molecule has 0 radical (unpaired) electrons. The van der Waals surface area contributed by atoms with E-state index in [1.54, 1.807) is 12.1 Å². The van der Waals surface area contributed by atoms with Crippen LogP contribution in [0.25, 0.3) is 0 Å². The summed E-state index contributed by atoms with van der Waals surface area (Å²) in [5.74, 6) is 0.271. The highest BCUT2D eigenvalue weighted by atomic mass is 35.5. The number of rotatable bonds is 3. The minimum Gasteiger partial charge on any atom is -0.508 e. The molecule has 0 aliphatic heterocycles. The number of alkyl halides is 1. The van der Waals surface area contributed by atoms with Crippen LogP contribution < -0.4 is 0 Å². The molecule has 0 saturated heterocycles. The van der Waals surface area contributed by atoms with Crippen LogP contribution >= 0.6 is 25.1 Å². The van der Waals surface area contributed by atoms with Crippen LogP contribution in [0.2, 0.25) is 0 Å². The van der Waals surface area contributed by atoms with Crippen molar-refractivity contribution in [2.75, 3.05) is 0 Å². The quantitative estimate of drug-likeness (QED) is 0.832. The second kappa shape index (κ2) is 6.58. The summed E-state index contributed by atoms with van der Waals surface area (Å²) < 4.78 is 0. The van der Waals surface area contributed by atoms with Crippen molar-refractivity contribution >= 4 is 25.1 Å². The predicted octanol–water partition coefficient (Wildman–Crippen LogP) is 4.03. The number of phenols is 1. The Hall–Kier alpha value is -1.12. The molecule has 0 aliphatic rings. The van der Waals surface area contributed by atoms with Gasteiger partial charge in [0.2, 0.25) is 0 Å². The van der Waals surface area contributed by atoms with Crippen LogP contribution in [-0.2, 0) is 6.42 Å². The van der Waals surface area contributed by atoms with Gasteiger partial charge in [-0.25, -0.2) is 0 Å². The summed E-state index contributed by atoms with van der Waals surface area (Å²) in [6, 6.07) is 17.2. The molecule has 3 heteroatoms. The summed E-state index contributed by atoms with van der Waals surface area (Å²) in [5.41, 5.74) is 2.25. The summed E-state index contributed by atoms with van der Waals surface area (Å²) in [7, 11) is 0. The van der Waals surface area contributed by atoms with Gasteiger partial charge in [-0.3, -0.25) is 0 Å². The molecule has 0 bridgehead atoms. The first-order chi connectivity index (χ1) is 7.75. The van der Waals surface area contributed by atoms with Gasteiger partial charge in [0.15, 0.2) is 0 Å². The van der Waals surface area contributed by atoms with E-state index in [9.17, 15) is 5.11 Å². The number of hydrogen-bond donors (Lipinski definition) is 1. The fraction of sp³-hybridized carbons (Fsp3) is 0.143. The molecular weight excluding hydrogens is 252 g/mol. The van der Waals surface area contributed by atoms with Gasteiger partial charge in [0.05, 0.1) is 5.38 Å². The first-order valence-electron chi connectivity index (χ1n) is 5.22. The Morgan fingerprint density at radius 1 is 0.941 bits per heavy atom. The molecule has 2 rings (SSSR count). The van der Waals surface area contributed by atoms with Gasteiger partial charge in [-0.15, -0.1) is 11.6 Å². The fourth-order valence-corrected chi connectivity index (χ4v) is 1.95. The third-order valence-electron chi connectivity index (χ3n) is 2.51. The lowest BCUT2D eigenvalue weighted by molar-refractivity contribution is 0.475. The van der Waals surface area contributed by atoms with Crippen LogP contribution in [0, 0.1) is 0 Å². The Balaban J connectivity index is 0.00000144. The molecule has 0 saturated carbocycles. The topological polar surface area (TPSA) is 20.2 Å². The van der Waals surface area contributed by atoms with Crippen molar-refractivity contribution in [3.05, 3.63) is 65.7 Å². The Bertz CT molecular complexity index is 442. The third kappa shape index (κ3) is 3.99. The van der Waals surface area contributed by atoms with Crippen LogP contribution in [0.4, 0.5) is 0 Å². The van der Waals surface area contributed by atoms with E-state index in [4.69, 9.17) is 11.6 Å². The van der Waals surface area contributed by atoms with Crippen molar-refractivity contribution in [1.29, 1.82) is 0 Å². The van der Waals surface area contributed by atoms with Gasteiger partial charge >= 0.3 is 0 Å². The van der Waals surface area contributed by atoms with Crippen molar-refractivity contribution in [1.82, 2.24) is 0 Å². The zero-order chi connectivity index (χ0) is 11.4. The van der Waals surface area contributed by atoms with Crippen molar-refractivity contribution < 1.29 is 5.11 Å². The minimum atomic E-state index is -0.0528. The van der Waals surface area contributed by atoms with E-state index in [0.29, 0.717) is 0 Å². The highest BCUT2D eigenvalue weighted by molar-refractivity contribution is 7.59. The lowest BCUT2D eigenvalue weighted by Crippen LogP contribution is -1.95. The number of halogens is 1. The van der Waals surface area contributed by atoms with Crippen LogP contribution in [0.3, 0.4) is 0 Å². The van der Waals surface area contributed by atoms with Crippen molar-refractivity contribution in [3.8, 4) is 5.75 Å². The molecule has 2 aromatic carbocycles. The Labute approximate surface area is 114 Å². The lowest BCUT2D eigenvalue weighted by atomic mass is 10.0. The van der Waals surface area contributed by atoms with Crippen molar-refractivity contribution in [2.45, 2.75) is 11.8 Å². The van der Waals surface area contributed by atoms with E-state index in [0.717, 1.165) is 12.0 Å². The van der Waals surface area contributed by atoms with Crippen molar-refractivity contribution in [2.24, 2.45) is 0 Å². The normalized spacial score (nSPS) is 11.6. The average Bonchev–Trinajstić information content (AvgIpc) is 2.31. The lowest BCUT2D eigenvalue weighted by Gasteiger charge is -2.09. The molecule has 0 aromatic heterocycles. The molecule has 1 unspecified atom stereocenters. The molecule has 0 spiro atoms. The molecule has 0 fully saturated rings. The molecule has 1 nitrogen and oxygen atoms in total. The van der Waals surface area contributed by atoms with E-state index >= 15 is 0 Å². The first kappa shape index (κ1) is 13.9. The molecule has 0 amide bonds.